The van der Waals surface area contributed by atoms with Crippen molar-refractivity contribution >= 4 is 41.2 Å². The number of fused-ring (bicyclic) bond motifs is 2. The van der Waals surface area contributed by atoms with Gasteiger partial charge in [-0.2, -0.15) is 0 Å². The van der Waals surface area contributed by atoms with Crippen LogP contribution in [0.1, 0.15) is 31.4 Å². The first-order chi connectivity index (χ1) is 12.7. The molecule has 0 spiro atoms. The average molecular weight is 359 g/mol. The summed E-state index contributed by atoms with van der Waals surface area (Å²) in [5.41, 5.74) is 0.776. The van der Waals surface area contributed by atoms with Crippen LogP contribution in [0.25, 0.3) is 21.5 Å². The Balaban J connectivity index is 2.37. The summed E-state index contributed by atoms with van der Waals surface area (Å²) in [6, 6.07) is 14.2. The number of hydrogen-bond donors (Lipinski definition) is 1. The second-order valence-corrected chi connectivity index (χ2v) is 7.48. The number of nitrogens with one attached hydrogen (secondary N) is 1. The van der Waals surface area contributed by atoms with Crippen LogP contribution in [0.2, 0.25) is 0 Å². The topological polar surface area (TPSA) is 55.4 Å². The molecule has 5 heteroatoms. The molecule has 0 saturated heterocycles. The molecule has 3 aromatic carbocycles. The van der Waals surface area contributed by atoms with Crippen LogP contribution in [-0.4, -0.2) is 26.7 Å². The molecule has 2 radical (unpaired) electrons. The van der Waals surface area contributed by atoms with Gasteiger partial charge in [0.25, 0.3) is 0 Å². The smallest absolute Gasteiger partial charge is 0.409 e. The van der Waals surface area contributed by atoms with Crippen LogP contribution >= 0.6 is 0 Å². The Labute approximate surface area is 160 Å². The summed E-state index contributed by atoms with van der Waals surface area (Å²) in [7, 11) is 6.99. The number of hydrogen-bond acceptors (Lipinski definition) is 3. The minimum atomic E-state index is -0.584. The van der Waals surface area contributed by atoms with Crippen molar-refractivity contribution in [3.63, 3.8) is 0 Å². The van der Waals surface area contributed by atoms with Crippen molar-refractivity contribution in [1.82, 2.24) is 5.32 Å². The van der Waals surface area contributed by atoms with Gasteiger partial charge in [0.2, 0.25) is 0 Å². The molecule has 136 valence electrons. The molecule has 3 aromatic rings. The maximum atomic E-state index is 12.1. The van der Waals surface area contributed by atoms with Crippen LogP contribution in [0.4, 0.5) is 4.79 Å². The largest absolute Gasteiger partial charge is 0.412 e. The molecule has 0 unspecified atom stereocenters. The monoisotopic (exact) mass is 359 g/mol. The molecule has 0 aliphatic rings. The van der Waals surface area contributed by atoms with E-state index in [1.165, 1.54) is 7.05 Å². The van der Waals surface area contributed by atoms with Crippen LogP contribution in [0.3, 0.4) is 0 Å². The number of aryl methyl sites for hydroxylation is 1. The normalized spacial score (nSPS) is 11.6. The van der Waals surface area contributed by atoms with Crippen LogP contribution in [0, 0.1) is 6.92 Å². The second kappa shape index (κ2) is 7.07. The average Bonchev–Trinajstić information content (AvgIpc) is 2.58. The van der Waals surface area contributed by atoms with Crippen molar-refractivity contribution in [2.45, 2.75) is 32.6 Å². The van der Waals surface area contributed by atoms with Crippen LogP contribution in [0.5, 0.6) is 5.75 Å². The van der Waals surface area contributed by atoms with E-state index in [1.807, 2.05) is 51.1 Å². The van der Waals surface area contributed by atoms with E-state index in [0.29, 0.717) is 5.75 Å². The summed E-state index contributed by atoms with van der Waals surface area (Å²) in [5, 5.41) is 6.47. The minimum Gasteiger partial charge on any atom is -0.409 e. The Morgan fingerprint density at radius 3 is 2.30 bits per heavy atom. The zero-order valence-electron chi connectivity index (χ0n) is 16.1. The van der Waals surface area contributed by atoms with Gasteiger partial charge >= 0.3 is 6.09 Å². The number of carbonyl (C=O) groups is 2. The molecule has 0 fully saturated rings. The Morgan fingerprint density at radius 1 is 1.07 bits per heavy atom. The lowest BCUT2D eigenvalue weighted by Gasteiger charge is -2.29. The molecule has 1 N–H and O–H groups in total. The predicted molar refractivity (Wildman–Crippen MR) is 110 cm³/mol. The van der Waals surface area contributed by atoms with Gasteiger partial charge in [-0.1, -0.05) is 44.2 Å². The number of rotatable bonds is 4. The highest BCUT2D eigenvalue weighted by Gasteiger charge is 2.30. The van der Waals surface area contributed by atoms with E-state index >= 15 is 0 Å². The number of benzene rings is 3. The summed E-state index contributed by atoms with van der Waals surface area (Å²) in [4.78, 5) is 23.7. The Hall–Kier alpha value is -2.82. The van der Waals surface area contributed by atoms with Crippen molar-refractivity contribution in [3.05, 3.63) is 53.6 Å². The SMILES string of the molecule is [B]C(=O)CC(C)(C)c1c(C)cc2cc3ccccc3cc2c1OC(=O)NC. The van der Waals surface area contributed by atoms with Gasteiger partial charge in [0.15, 0.2) is 7.85 Å². The minimum absolute atomic E-state index is 0.150. The van der Waals surface area contributed by atoms with E-state index in [0.717, 1.165) is 32.7 Å². The Morgan fingerprint density at radius 2 is 1.70 bits per heavy atom. The Bertz CT molecular complexity index is 1060. The fourth-order valence-electron chi connectivity index (χ4n) is 3.81. The molecular formula is C22H22BNO3. The lowest BCUT2D eigenvalue weighted by molar-refractivity contribution is -0.112. The number of carbonyl (C=O) groups excluding carboxylic acids is 2. The molecule has 27 heavy (non-hydrogen) atoms. The Kier molecular flexibility index (Phi) is 4.96. The van der Waals surface area contributed by atoms with Gasteiger partial charge in [0, 0.05) is 24.4 Å². The second-order valence-electron chi connectivity index (χ2n) is 7.48. The number of ether oxygens (including phenoxy) is 1. The molecule has 0 aliphatic heterocycles. The van der Waals surface area contributed by atoms with E-state index in [1.54, 1.807) is 0 Å². The predicted octanol–water partition coefficient (Wildman–Crippen LogP) is 4.38. The fraction of sp³-hybridized carbons (Fsp3) is 0.273. The summed E-state index contributed by atoms with van der Waals surface area (Å²) < 4.78 is 5.70. The third-order valence-corrected chi connectivity index (χ3v) is 4.85. The van der Waals surface area contributed by atoms with Gasteiger partial charge in [-0.15, -0.1) is 0 Å². The van der Waals surface area contributed by atoms with Gasteiger partial charge in [-0.25, -0.2) is 4.79 Å². The summed E-state index contributed by atoms with van der Waals surface area (Å²) in [6.07, 6.45) is -0.400. The zero-order chi connectivity index (χ0) is 19.8. The van der Waals surface area contributed by atoms with Crippen molar-refractivity contribution < 1.29 is 14.3 Å². The lowest BCUT2D eigenvalue weighted by Crippen LogP contribution is -2.27. The third kappa shape index (κ3) is 3.68. The van der Waals surface area contributed by atoms with Crippen molar-refractivity contribution in [1.29, 1.82) is 0 Å². The first-order valence-corrected chi connectivity index (χ1v) is 8.87. The summed E-state index contributed by atoms with van der Waals surface area (Å²) in [6.45, 7) is 5.83. The summed E-state index contributed by atoms with van der Waals surface area (Å²) in [5.74, 6) is 0.473. The standard InChI is InChI=1S/C22H22BNO3/c1-13-9-16-10-14-7-5-6-8-15(14)11-17(16)20(27-21(26)24-4)19(13)22(2,3)12-18(23)25/h5-11H,12H2,1-4H3,(H,24,26). The maximum absolute atomic E-state index is 12.1. The first kappa shape index (κ1) is 19.0. The summed E-state index contributed by atoms with van der Waals surface area (Å²) >= 11 is 0. The third-order valence-electron chi connectivity index (χ3n) is 4.85. The van der Waals surface area contributed by atoms with Gasteiger partial charge in [-0.3, -0.25) is 0 Å². The highest BCUT2D eigenvalue weighted by atomic mass is 16.6. The van der Waals surface area contributed by atoms with Gasteiger partial charge in [0.05, 0.1) is 5.68 Å². The molecule has 3 rings (SSSR count). The van der Waals surface area contributed by atoms with E-state index in [-0.39, 0.29) is 6.42 Å². The molecule has 0 aromatic heterocycles. The highest BCUT2D eigenvalue weighted by molar-refractivity contribution is 6.57. The van der Waals surface area contributed by atoms with Gasteiger partial charge < -0.3 is 14.8 Å². The molecule has 0 bridgehead atoms. The van der Waals surface area contributed by atoms with E-state index in [2.05, 4.69) is 17.4 Å². The molecule has 0 heterocycles. The van der Waals surface area contributed by atoms with Crippen molar-refractivity contribution in [2.24, 2.45) is 0 Å². The molecule has 0 atom stereocenters. The zero-order valence-corrected chi connectivity index (χ0v) is 16.1. The first-order valence-electron chi connectivity index (χ1n) is 8.87. The molecule has 0 saturated carbocycles. The highest BCUT2D eigenvalue weighted by Crippen LogP contribution is 2.43. The van der Waals surface area contributed by atoms with Gasteiger partial charge in [-0.05, 0) is 46.2 Å². The lowest BCUT2D eigenvalue weighted by atomic mass is 9.73. The van der Waals surface area contributed by atoms with Crippen LogP contribution in [-0.2, 0) is 10.2 Å². The van der Waals surface area contributed by atoms with E-state index < -0.39 is 17.2 Å². The quantitative estimate of drug-likeness (QED) is 0.556. The van der Waals surface area contributed by atoms with E-state index in [9.17, 15) is 9.59 Å². The molecule has 4 nitrogen and oxygen atoms in total. The van der Waals surface area contributed by atoms with Gasteiger partial charge in [0.1, 0.15) is 5.75 Å². The molecule has 0 aliphatic carbocycles. The number of amides is 1. The molecular weight excluding hydrogens is 337 g/mol. The maximum Gasteiger partial charge on any atom is 0.412 e. The van der Waals surface area contributed by atoms with Crippen LogP contribution in [0.15, 0.2) is 42.5 Å². The molecule has 1 amide bonds. The fourth-order valence-corrected chi connectivity index (χ4v) is 3.81. The van der Waals surface area contributed by atoms with Crippen LogP contribution < -0.4 is 10.1 Å². The van der Waals surface area contributed by atoms with E-state index in [4.69, 9.17) is 12.6 Å². The van der Waals surface area contributed by atoms with Crippen molar-refractivity contribution in [3.8, 4) is 5.75 Å². The van der Waals surface area contributed by atoms with Crippen molar-refractivity contribution in [2.75, 3.05) is 7.05 Å².